The van der Waals surface area contributed by atoms with Crippen molar-refractivity contribution in [2.24, 2.45) is 0 Å². The molecule has 8 nitrogen and oxygen atoms in total. The van der Waals surface area contributed by atoms with Gasteiger partial charge < -0.3 is 14.8 Å². The van der Waals surface area contributed by atoms with Gasteiger partial charge in [0.15, 0.2) is 11.6 Å². The second-order valence-corrected chi connectivity index (χ2v) is 9.50. The Morgan fingerprint density at radius 1 is 1.09 bits per heavy atom. The summed E-state index contributed by atoms with van der Waals surface area (Å²) >= 11 is 0. The van der Waals surface area contributed by atoms with Crippen LogP contribution in [0.4, 0.5) is 11.6 Å². The maximum absolute atomic E-state index is 5.72. The van der Waals surface area contributed by atoms with Crippen molar-refractivity contribution in [1.82, 2.24) is 20.0 Å². The molecule has 3 rings (SSSR count). The Morgan fingerprint density at radius 3 is 2.43 bits per heavy atom. The highest BCUT2D eigenvalue weighted by Crippen LogP contribution is 2.35. The zero-order valence-corrected chi connectivity index (χ0v) is 22.7. The molecule has 1 unspecified atom stereocenters. The average molecular weight is 485 g/mol. The second kappa shape index (κ2) is 13.0. The van der Waals surface area contributed by atoms with Crippen LogP contribution in [0.25, 0.3) is 11.3 Å². The molecule has 0 bridgehead atoms. The second-order valence-electron chi connectivity index (χ2n) is 9.50. The molecule has 8 heteroatoms. The van der Waals surface area contributed by atoms with Gasteiger partial charge in [0.25, 0.3) is 5.88 Å². The predicted molar refractivity (Wildman–Crippen MR) is 143 cm³/mol. The first-order valence-electron chi connectivity index (χ1n) is 13.2. The molecule has 3 heterocycles. The van der Waals surface area contributed by atoms with Crippen LogP contribution in [0.5, 0.6) is 5.88 Å². The van der Waals surface area contributed by atoms with E-state index in [4.69, 9.17) is 24.4 Å². The molecule has 0 aliphatic carbocycles. The van der Waals surface area contributed by atoms with Crippen LogP contribution in [0.2, 0.25) is 0 Å². The van der Waals surface area contributed by atoms with Crippen molar-refractivity contribution < 1.29 is 9.47 Å². The highest BCUT2D eigenvalue weighted by Gasteiger charge is 2.26. The first-order valence-corrected chi connectivity index (χ1v) is 13.2. The standard InChI is InChI=1S/C27H44N6O2/c1-8-11-21(10-3)29-25-27(34-7)31-24(20(6)28-25)22-12-13-23(19(4)5)30-26(22)33(14-9-2)32-15-17-35-18-16-32/h12-13,19,21H,8-11,14-18H2,1-7H3,(H,28,29). The van der Waals surface area contributed by atoms with E-state index in [-0.39, 0.29) is 0 Å². The molecular weight excluding hydrogens is 440 g/mol. The molecular formula is C27H44N6O2. The lowest BCUT2D eigenvalue weighted by Crippen LogP contribution is -2.50. The lowest BCUT2D eigenvalue weighted by atomic mass is 10.1. The van der Waals surface area contributed by atoms with Crippen LogP contribution in [-0.2, 0) is 4.74 Å². The van der Waals surface area contributed by atoms with Gasteiger partial charge in [-0.05, 0) is 44.2 Å². The molecule has 0 saturated carbocycles. The number of anilines is 2. The molecule has 0 amide bonds. The SMILES string of the molecule is CCCC(CC)Nc1nc(C)c(-c2ccc(C(C)C)nc2N(CCC)N2CCOCC2)nc1OC. The van der Waals surface area contributed by atoms with E-state index in [1.807, 2.05) is 6.92 Å². The van der Waals surface area contributed by atoms with E-state index in [0.29, 0.717) is 23.7 Å². The molecule has 194 valence electrons. The van der Waals surface area contributed by atoms with Gasteiger partial charge in [-0.15, -0.1) is 0 Å². The molecule has 0 radical (unpaired) electrons. The van der Waals surface area contributed by atoms with Gasteiger partial charge in [0.2, 0.25) is 0 Å². The van der Waals surface area contributed by atoms with Crippen LogP contribution in [0, 0.1) is 6.92 Å². The van der Waals surface area contributed by atoms with Crippen LogP contribution >= 0.6 is 0 Å². The minimum absolute atomic E-state index is 0.328. The number of aromatic nitrogens is 3. The van der Waals surface area contributed by atoms with Crippen molar-refractivity contribution >= 4 is 11.6 Å². The largest absolute Gasteiger partial charge is 0.478 e. The predicted octanol–water partition coefficient (Wildman–Crippen LogP) is 5.43. The van der Waals surface area contributed by atoms with Gasteiger partial charge in [-0.1, -0.05) is 41.0 Å². The fraction of sp³-hybridized carbons (Fsp3) is 0.667. The van der Waals surface area contributed by atoms with Crippen molar-refractivity contribution in [2.75, 3.05) is 50.3 Å². The molecule has 0 spiro atoms. The number of hydrogen-bond donors (Lipinski definition) is 1. The first-order chi connectivity index (χ1) is 16.9. The van der Waals surface area contributed by atoms with E-state index in [1.54, 1.807) is 7.11 Å². The number of aryl methyl sites for hydroxylation is 1. The van der Waals surface area contributed by atoms with E-state index in [9.17, 15) is 0 Å². The monoisotopic (exact) mass is 484 g/mol. The number of morpholine rings is 1. The topological polar surface area (TPSA) is 75.6 Å². The van der Waals surface area contributed by atoms with Gasteiger partial charge in [-0.2, -0.15) is 0 Å². The fourth-order valence-electron chi connectivity index (χ4n) is 4.47. The Labute approximate surface area is 211 Å². The summed E-state index contributed by atoms with van der Waals surface area (Å²) < 4.78 is 11.3. The summed E-state index contributed by atoms with van der Waals surface area (Å²) in [5.74, 6) is 2.49. The van der Waals surface area contributed by atoms with Gasteiger partial charge in [-0.3, -0.25) is 5.01 Å². The molecule has 1 aliphatic rings. The third-order valence-corrected chi connectivity index (χ3v) is 6.45. The van der Waals surface area contributed by atoms with E-state index in [1.165, 1.54) is 0 Å². The Kier molecular flexibility index (Phi) is 10.1. The Bertz CT molecular complexity index is 946. The lowest BCUT2D eigenvalue weighted by Gasteiger charge is -2.39. The summed E-state index contributed by atoms with van der Waals surface area (Å²) in [5.41, 5.74) is 3.71. The third kappa shape index (κ3) is 6.61. The van der Waals surface area contributed by atoms with Crippen molar-refractivity contribution in [3.8, 4) is 17.1 Å². The molecule has 35 heavy (non-hydrogen) atoms. The number of hydrazine groups is 1. The molecule has 1 aliphatic heterocycles. The van der Waals surface area contributed by atoms with Crippen molar-refractivity contribution in [3.05, 3.63) is 23.5 Å². The van der Waals surface area contributed by atoms with Gasteiger partial charge in [-0.25, -0.2) is 20.0 Å². The Morgan fingerprint density at radius 2 is 1.83 bits per heavy atom. The molecule has 1 saturated heterocycles. The highest BCUT2D eigenvalue weighted by atomic mass is 16.5. The highest BCUT2D eigenvalue weighted by molar-refractivity contribution is 5.76. The number of pyridine rings is 1. The number of nitrogens with one attached hydrogen (secondary N) is 1. The summed E-state index contributed by atoms with van der Waals surface area (Å²) in [7, 11) is 1.66. The third-order valence-electron chi connectivity index (χ3n) is 6.45. The first kappa shape index (κ1) is 27.1. The normalized spacial score (nSPS) is 15.3. The van der Waals surface area contributed by atoms with Crippen LogP contribution < -0.4 is 15.1 Å². The summed E-state index contributed by atoms with van der Waals surface area (Å²) in [5, 5.41) is 8.23. The fourth-order valence-corrected chi connectivity index (χ4v) is 4.47. The molecule has 0 aromatic carbocycles. The summed E-state index contributed by atoms with van der Waals surface area (Å²) in [4.78, 5) is 15.1. The minimum Gasteiger partial charge on any atom is -0.478 e. The van der Waals surface area contributed by atoms with Gasteiger partial charge in [0, 0.05) is 36.9 Å². The summed E-state index contributed by atoms with van der Waals surface area (Å²) in [6, 6.07) is 4.61. The van der Waals surface area contributed by atoms with Crippen LogP contribution in [0.3, 0.4) is 0 Å². The van der Waals surface area contributed by atoms with E-state index >= 15 is 0 Å². The van der Waals surface area contributed by atoms with Crippen molar-refractivity contribution in [2.45, 2.75) is 79.2 Å². The van der Waals surface area contributed by atoms with Crippen LogP contribution in [0.15, 0.2) is 12.1 Å². The Hall–Kier alpha value is -2.45. The van der Waals surface area contributed by atoms with Gasteiger partial charge >= 0.3 is 0 Å². The number of hydrogen-bond acceptors (Lipinski definition) is 8. The average Bonchev–Trinajstić information content (AvgIpc) is 2.87. The molecule has 1 atom stereocenters. The zero-order valence-electron chi connectivity index (χ0n) is 22.7. The van der Waals surface area contributed by atoms with Gasteiger partial charge in [0.1, 0.15) is 0 Å². The van der Waals surface area contributed by atoms with Gasteiger partial charge in [0.05, 0.1) is 31.7 Å². The molecule has 1 fully saturated rings. The molecule has 2 aromatic rings. The summed E-state index contributed by atoms with van der Waals surface area (Å²) in [6.07, 6.45) is 4.23. The zero-order chi connectivity index (χ0) is 25.4. The number of ether oxygens (including phenoxy) is 2. The van der Waals surface area contributed by atoms with E-state index in [0.717, 1.165) is 87.0 Å². The van der Waals surface area contributed by atoms with Crippen LogP contribution in [-0.4, -0.2) is 66.0 Å². The summed E-state index contributed by atoms with van der Waals surface area (Å²) in [6.45, 7) is 17.0. The quantitative estimate of drug-likeness (QED) is 0.427. The number of methoxy groups -OCH3 is 1. The van der Waals surface area contributed by atoms with Crippen molar-refractivity contribution in [3.63, 3.8) is 0 Å². The maximum atomic E-state index is 5.72. The maximum Gasteiger partial charge on any atom is 0.257 e. The lowest BCUT2D eigenvalue weighted by molar-refractivity contribution is 0.0313. The van der Waals surface area contributed by atoms with E-state index < -0.39 is 0 Å². The smallest absolute Gasteiger partial charge is 0.257 e. The number of rotatable bonds is 12. The number of nitrogens with zero attached hydrogens (tertiary/aromatic N) is 5. The van der Waals surface area contributed by atoms with Crippen LogP contribution in [0.1, 0.15) is 77.6 Å². The molecule has 1 N–H and O–H groups in total. The molecule has 2 aromatic heterocycles. The minimum atomic E-state index is 0.328. The Balaban J connectivity index is 2.10. The van der Waals surface area contributed by atoms with Crippen molar-refractivity contribution in [1.29, 1.82) is 0 Å². The van der Waals surface area contributed by atoms with E-state index in [2.05, 4.69) is 62.1 Å².